The summed E-state index contributed by atoms with van der Waals surface area (Å²) in [6.45, 7) is 0.316. The maximum absolute atomic E-state index is 12.4. The zero-order valence-electron chi connectivity index (χ0n) is 14.6. The molecule has 6 heteroatoms. The van der Waals surface area contributed by atoms with E-state index in [-0.39, 0.29) is 24.8 Å². The van der Waals surface area contributed by atoms with Crippen LogP contribution in [0.3, 0.4) is 0 Å². The number of carbonyl (C=O) groups is 2. The van der Waals surface area contributed by atoms with Gasteiger partial charge in [-0.05, 0) is 52.2 Å². The van der Waals surface area contributed by atoms with Gasteiger partial charge in [-0.15, -0.1) is 0 Å². The van der Waals surface area contributed by atoms with E-state index < -0.39 is 0 Å². The van der Waals surface area contributed by atoms with Crippen molar-refractivity contribution in [1.29, 1.82) is 0 Å². The Morgan fingerprint density at radius 2 is 2.00 bits per heavy atom. The highest BCUT2D eigenvalue weighted by molar-refractivity contribution is 7.08. The second-order valence-corrected chi connectivity index (χ2v) is 6.97. The predicted octanol–water partition coefficient (Wildman–Crippen LogP) is 4.17. The minimum atomic E-state index is -0.138. The number of anilines is 2. The summed E-state index contributed by atoms with van der Waals surface area (Å²) in [6.07, 6.45) is 0.211. The van der Waals surface area contributed by atoms with E-state index in [0.717, 1.165) is 16.8 Å². The van der Waals surface area contributed by atoms with Gasteiger partial charge in [0.25, 0.3) is 5.91 Å². The molecule has 2 amide bonds. The molecule has 0 saturated heterocycles. The average molecular weight is 378 g/mol. The standard InChI is InChI=1S/C21H18N2O3S/c24-20(22-17-5-3-4-15(12-17)16-9-11-27-14-16)8-10-23-18-6-1-2-7-19(18)26-13-21(23)25/h1-7,9,11-12,14H,8,10,13H2,(H,22,24). The van der Waals surface area contributed by atoms with Gasteiger partial charge in [0.05, 0.1) is 5.69 Å². The van der Waals surface area contributed by atoms with Gasteiger partial charge >= 0.3 is 0 Å². The first-order chi connectivity index (χ1) is 13.2. The Bertz CT molecular complexity index is 969. The second kappa shape index (κ2) is 7.63. The lowest BCUT2D eigenvalue weighted by Crippen LogP contribution is -2.40. The lowest BCUT2D eigenvalue weighted by molar-refractivity contribution is -0.121. The highest BCUT2D eigenvalue weighted by Crippen LogP contribution is 2.31. The Labute approximate surface area is 161 Å². The summed E-state index contributed by atoms with van der Waals surface area (Å²) in [4.78, 5) is 26.2. The van der Waals surface area contributed by atoms with Gasteiger partial charge in [-0.2, -0.15) is 11.3 Å². The van der Waals surface area contributed by atoms with Crippen LogP contribution in [0.15, 0.2) is 65.4 Å². The summed E-state index contributed by atoms with van der Waals surface area (Å²) in [6, 6.07) is 17.2. The summed E-state index contributed by atoms with van der Waals surface area (Å²) in [5.74, 6) is 0.399. The van der Waals surface area contributed by atoms with E-state index in [2.05, 4.69) is 10.7 Å². The molecule has 3 aromatic rings. The molecule has 136 valence electrons. The number of hydrogen-bond donors (Lipinski definition) is 1. The van der Waals surface area contributed by atoms with Crippen LogP contribution in [-0.2, 0) is 9.59 Å². The third-order valence-corrected chi connectivity index (χ3v) is 5.05. The van der Waals surface area contributed by atoms with Crippen LogP contribution in [0.25, 0.3) is 11.1 Å². The molecule has 0 aliphatic carbocycles. The Kier molecular flexibility index (Phi) is 4.89. The summed E-state index contributed by atoms with van der Waals surface area (Å²) in [5, 5.41) is 7.02. The van der Waals surface area contributed by atoms with Crippen LogP contribution in [0.1, 0.15) is 6.42 Å². The van der Waals surface area contributed by atoms with Crippen molar-refractivity contribution in [3.63, 3.8) is 0 Å². The fourth-order valence-corrected chi connectivity index (χ4v) is 3.71. The number of benzene rings is 2. The second-order valence-electron chi connectivity index (χ2n) is 6.19. The van der Waals surface area contributed by atoms with Crippen LogP contribution in [0.5, 0.6) is 5.75 Å². The van der Waals surface area contributed by atoms with Crippen LogP contribution in [-0.4, -0.2) is 25.0 Å². The molecule has 2 heterocycles. The van der Waals surface area contributed by atoms with Crippen LogP contribution in [0.4, 0.5) is 11.4 Å². The van der Waals surface area contributed by atoms with Crippen molar-refractivity contribution in [3.8, 4) is 16.9 Å². The fraction of sp³-hybridized carbons (Fsp3) is 0.143. The molecule has 1 aliphatic heterocycles. The minimum absolute atomic E-state index is 0.00131. The Morgan fingerprint density at radius 3 is 2.85 bits per heavy atom. The smallest absolute Gasteiger partial charge is 0.265 e. The van der Waals surface area contributed by atoms with Gasteiger partial charge in [0.1, 0.15) is 5.75 Å². The van der Waals surface area contributed by atoms with Gasteiger partial charge in [0.2, 0.25) is 5.91 Å². The summed E-state index contributed by atoms with van der Waals surface area (Å²) in [7, 11) is 0. The summed E-state index contributed by atoms with van der Waals surface area (Å²) in [5.41, 5.74) is 3.65. The first kappa shape index (κ1) is 17.3. The molecule has 2 aromatic carbocycles. The third-order valence-electron chi connectivity index (χ3n) is 4.37. The number of para-hydroxylation sites is 2. The molecular formula is C21H18N2O3S. The molecule has 0 atom stereocenters. The average Bonchev–Trinajstić information content (AvgIpc) is 3.22. The SMILES string of the molecule is O=C(CCN1C(=O)COc2ccccc21)Nc1cccc(-c2ccsc2)c1. The molecule has 0 unspecified atom stereocenters. The van der Waals surface area contributed by atoms with Crippen molar-refractivity contribution in [1.82, 2.24) is 0 Å². The van der Waals surface area contributed by atoms with Crippen LogP contribution >= 0.6 is 11.3 Å². The molecule has 0 saturated carbocycles. The molecule has 4 rings (SSSR count). The maximum Gasteiger partial charge on any atom is 0.265 e. The largest absolute Gasteiger partial charge is 0.482 e. The Hall–Kier alpha value is -3.12. The molecule has 0 spiro atoms. The lowest BCUT2D eigenvalue weighted by Gasteiger charge is -2.29. The number of nitrogens with zero attached hydrogens (tertiary/aromatic N) is 1. The number of rotatable bonds is 5. The van der Waals surface area contributed by atoms with Crippen LogP contribution in [0, 0.1) is 0 Å². The molecule has 1 N–H and O–H groups in total. The highest BCUT2D eigenvalue weighted by atomic mass is 32.1. The highest BCUT2D eigenvalue weighted by Gasteiger charge is 2.25. The number of nitrogens with one attached hydrogen (secondary N) is 1. The van der Waals surface area contributed by atoms with Crippen molar-refractivity contribution >= 4 is 34.5 Å². The molecule has 0 fully saturated rings. The van der Waals surface area contributed by atoms with Crippen molar-refractivity contribution in [2.45, 2.75) is 6.42 Å². The van der Waals surface area contributed by atoms with Gasteiger partial charge in [0, 0.05) is 18.7 Å². The number of amides is 2. The molecular weight excluding hydrogens is 360 g/mol. The van der Waals surface area contributed by atoms with Gasteiger partial charge in [-0.25, -0.2) is 0 Å². The third kappa shape index (κ3) is 3.85. The zero-order chi connectivity index (χ0) is 18.6. The van der Waals surface area contributed by atoms with E-state index in [1.54, 1.807) is 16.2 Å². The van der Waals surface area contributed by atoms with Crippen molar-refractivity contribution in [2.75, 3.05) is 23.4 Å². The normalized spacial score (nSPS) is 13.0. The molecule has 1 aliphatic rings. The quantitative estimate of drug-likeness (QED) is 0.725. The number of hydrogen-bond acceptors (Lipinski definition) is 4. The summed E-state index contributed by atoms with van der Waals surface area (Å²) >= 11 is 1.64. The van der Waals surface area contributed by atoms with Gasteiger partial charge in [-0.1, -0.05) is 24.3 Å². The van der Waals surface area contributed by atoms with E-state index in [0.29, 0.717) is 18.0 Å². The van der Waals surface area contributed by atoms with Gasteiger partial charge < -0.3 is 15.0 Å². The molecule has 0 bridgehead atoms. The molecule has 1 aromatic heterocycles. The Balaban J connectivity index is 1.41. The van der Waals surface area contributed by atoms with Crippen molar-refractivity contribution in [3.05, 3.63) is 65.4 Å². The number of thiophene rings is 1. The predicted molar refractivity (Wildman–Crippen MR) is 107 cm³/mol. The Morgan fingerprint density at radius 1 is 1.11 bits per heavy atom. The molecule has 0 radical (unpaired) electrons. The first-order valence-electron chi connectivity index (χ1n) is 8.65. The number of carbonyl (C=O) groups excluding carboxylic acids is 2. The molecule has 5 nitrogen and oxygen atoms in total. The van der Waals surface area contributed by atoms with Crippen LogP contribution < -0.4 is 15.0 Å². The number of ether oxygens (including phenoxy) is 1. The monoisotopic (exact) mass is 378 g/mol. The zero-order valence-corrected chi connectivity index (χ0v) is 15.4. The number of fused-ring (bicyclic) bond motifs is 1. The topological polar surface area (TPSA) is 58.6 Å². The minimum Gasteiger partial charge on any atom is -0.482 e. The van der Waals surface area contributed by atoms with E-state index in [1.165, 1.54) is 0 Å². The van der Waals surface area contributed by atoms with Gasteiger partial charge in [0.15, 0.2) is 6.61 Å². The van der Waals surface area contributed by atoms with E-state index in [4.69, 9.17) is 4.74 Å². The lowest BCUT2D eigenvalue weighted by atomic mass is 10.1. The fourth-order valence-electron chi connectivity index (χ4n) is 3.04. The van der Waals surface area contributed by atoms with E-state index in [9.17, 15) is 9.59 Å². The van der Waals surface area contributed by atoms with E-state index >= 15 is 0 Å². The van der Waals surface area contributed by atoms with Crippen molar-refractivity contribution in [2.24, 2.45) is 0 Å². The molecule has 27 heavy (non-hydrogen) atoms. The summed E-state index contributed by atoms with van der Waals surface area (Å²) < 4.78 is 5.43. The maximum atomic E-state index is 12.4. The van der Waals surface area contributed by atoms with E-state index in [1.807, 2.05) is 60.0 Å². The van der Waals surface area contributed by atoms with Gasteiger partial charge in [-0.3, -0.25) is 9.59 Å². The first-order valence-corrected chi connectivity index (χ1v) is 9.60. The van der Waals surface area contributed by atoms with Crippen LogP contribution in [0.2, 0.25) is 0 Å². The van der Waals surface area contributed by atoms with Crippen molar-refractivity contribution < 1.29 is 14.3 Å².